The Balaban J connectivity index is 1.42. The Morgan fingerprint density at radius 3 is 1.94 bits per heavy atom. The van der Waals surface area contributed by atoms with E-state index in [1.165, 1.54) is 24.3 Å². The maximum atomic E-state index is 12.6. The zero-order chi connectivity index (χ0) is 46.7. The first-order valence-corrected chi connectivity index (χ1v) is 26.5. The summed E-state index contributed by atoms with van der Waals surface area (Å²) >= 11 is 0. The summed E-state index contributed by atoms with van der Waals surface area (Å²) < 4.78 is 131. The van der Waals surface area contributed by atoms with Crippen molar-refractivity contribution in [3.8, 4) is 0 Å². The molecule has 4 aromatic rings. The molecule has 0 radical (unpaired) electrons. The topological polar surface area (TPSA) is 221 Å². The molecule has 338 valence electrons. The van der Waals surface area contributed by atoms with E-state index in [-0.39, 0.29) is 46.5 Å². The van der Waals surface area contributed by atoms with Gasteiger partial charge in [-0.1, -0.05) is 32.6 Å². The molecule has 3 N–H and O–H groups in total. The number of carbonyl (C=O) groups is 1. The molecule has 0 fully saturated rings. The van der Waals surface area contributed by atoms with Crippen LogP contribution in [0.2, 0.25) is 0 Å². The molecule has 0 spiro atoms. The Bertz CT molecular complexity index is 3150. The van der Waals surface area contributed by atoms with Crippen LogP contribution in [0.3, 0.4) is 0 Å². The summed E-state index contributed by atoms with van der Waals surface area (Å²) in [5.41, 5.74) is 3.80. The summed E-state index contributed by atoms with van der Waals surface area (Å²) in [4.78, 5) is 13.1. The highest BCUT2D eigenvalue weighted by atomic mass is 32.2. The smallest absolute Gasteiger partial charge is 0.295 e. The van der Waals surface area contributed by atoms with Gasteiger partial charge in [-0.2, -0.15) is 29.8 Å². The van der Waals surface area contributed by atoms with E-state index < -0.39 is 60.8 Å². The molecule has 0 aromatic heterocycles. The number of hydrogen-bond donors (Lipinski definition) is 3. The number of benzene rings is 4. The fourth-order valence-electron chi connectivity index (χ4n) is 9.26. The zero-order valence-corrected chi connectivity index (χ0v) is 39.3. The summed E-state index contributed by atoms with van der Waals surface area (Å²) in [6.07, 6.45) is 8.25. The van der Waals surface area contributed by atoms with Crippen molar-refractivity contribution in [1.82, 2.24) is 0 Å². The van der Waals surface area contributed by atoms with E-state index in [0.717, 1.165) is 39.5 Å². The number of allylic oxidation sites excluding steroid dienone is 4. The van der Waals surface area contributed by atoms with Gasteiger partial charge in [0.25, 0.3) is 30.4 Å². The normalized spacial score (nSPS) is 17.0. The molecule has 0 saturated heterocycles. The van der Waals surface area contributed by atoms with Gasteiger partial charge < -0.3 is 4.90 Å². The maximum absolute atomic E-state index is 12.6. The molecular weight excluding hydrogens is 889 g/mol. The molecular formula is C45H53N2O12S4+. The van der Waals surface area contributed by atoms with Crippen molar-refractivity contribution in [2.75, 3.05) is 23.7 Å². The van der Waals surface area contributed by atoms with Crippen molar-refractivity contribution in [3.05, 3.63) is 101 Å². The van der Waals surface area contributed by atoms with Crippen LogP contribution in [-0.4, -0.2) is 82.2 Å². The number of Topliss-reactive ketones (excluding diaryl/α,β-unsaturated/α-hetero) is 1. The second-order valence-corrected chi connectivity index (χ2v) is 23.4. The van der Waals surface area contributed by atoms with Gasteiger partial charge in [0.15, 0.2) is 15.5 Å². The molecule has 14 nitrogen and oxygen atoms in total. The van der Waals surface area contributed by atoms with Gasteiger partial charge in [-0.3, -0.25) is 18.5 Å². The average molecular weight is 942 g/mol. The van der Waals surface area contributed by atoms with Gasteiger partial charge in [0.05, 0.1) is 21.0 Å². The van der Waals surface area contributed by atoms with Crippen LogP contribution < -0.4 is 4.90 Å². The SMILES string of the molecule is C=CS(=O)(=O)CCCC(=O)CCCCC[N+]1=C(C=CC=C2N(CC)c3ccc4c(C)cc(S(=O)(=O)O)cc4c3C2(C)C)C(C)(C)c2c1ccc1c(S(=O)(=O)O)cc(S(=O)(=O)O)cc21. The molecule has 6 rings (SSSR count). The minimum atomic E-state index is -4.95. The predicted molar refractivity (Wildman–Crippen MR) is 245 cm³/mol. The third-order valence-corrected chi connectivity index (χ3v) is 16.1. The van der Waals surface area contributed by atoms with E-state index in [1.54, 1.807) is 13.0 Å². The summed E-state index contributed by atoms with van der Waals surface area (Å²) in [6.45, 7) is 16.0. The number of hydrogen-bond acceptors (Lipinski definition) is 10. The third kappa shape index (κ3) is 9.35. The van der Waals surface area contributed by atoms with Crippen molar-refractivity contribution in [2.45, 2.75) is 106 Å². The molecule has 0 bridgehead atoms. The predicted octanol–water partition coefficient (Wildman–Crippen LogP) is 8.14. The van der Waals surface area contributed by atoms with Gasteiger partial charge in [0, 0.05) is 71.1 Å². The van der Waals surface area contributed by atoms with E-state index in [2.05, 4.69) is 16.1 Å². The number of ketones is 1. The van der Waals surface area contributed by atoms with Crippen LogP contribution in [0, 0.1) is 6.92 Å². The summed E-state index contributed by atoms with van der Waals surface area (Å²) in [6, 6.07) is 12.0. The molecule has 2 aliphatic rings. The lowest BCUT2D eigenvalue weighted by Crippen LogP contribution is -2.28. The number of nitrogens with zero attached hydrogens (tertiary/aromatic N) is 2. The second-order valence-electron chi connectivity index (χ2n) is 17.1. The zero-order valence-electron chi connectivity index (χ0n) is 36.0. The maximum Gasteiger partial charge on any atom is 0.295 e. The molecule has 0 unspecified atom stereocenters. The van der Waals surface area contributed by atoms with Gasteiger partial charge in [-0.15, -0.1) is 0 Å². The minimum Gasteiger partial charge on any atom is -0.344 e. The van der Waals surface area contributed by atoms with Gasteiger partial charge in [-0.05, 0) is 117 Å². The first-order chi connectivity index (χ1) is 29.1. The highest BCUT2D eigenvalue weighted by Gasteiger charge is 2.46. The molecule has 0 atom stereocenters. The van der Waals surface area contributed by atoms with Crippen LogP contribution in [0.4, 0.5) is 11.4 Å². The Morgan fingerprint density at radius 2 is 1.33 bits per heavy atom. The molecule has 4 aromatic carbocycles. The molecule has 2 heterocycles. The van der Waals surface area contributed by atoms with Crippen LogP contribution in [0.5, 0.6) is 0 Å². The molecule has 0 amide bonds. The monoisotopic (exact) mass is 941 g/mol. The first kappa shape index (κ1) is 47.9. The van der Waals surface area contributed by atoms with Crippen molar-refractivity contribution in [1.29, 1.82) is 0 Å². The highest BCUT2D eigenvalue weighted by Crippen LogP contribution is 2.52. The van der Waals surface area contributed by atoms with Crippen LogP contribution in [0.25, 0.3) is 21.5 Å². The minimum absolute atomic E-state index is 0.0407. The summed E-state index contributed by atoms with van der Waals surface area (Å²) in [5, 5.41) is 2.70. The molecule has 18 heteroatoms. The van der Waals surface area contributed by atoms with Gasteiger partial charge in [0.1, 0.15) is 17.2 Å². The second kappa shape index (κ2) is 17.1. The van der Waals surface area contributed by atoms with Crippen molar-refractivity contribution >= 4 is 84.6 Å². The van der Waals surface area contributed by atoms with Gasteiger partial charge >= 0.3 is 0 Å². The van der Waals surface area contributed by atoms with E-state index in [9.17, 15) is 52.1 Å². The summed E-state index contributed by atoms with van der Waals surface area (Å²) in [5.74, 6) is -0.183. The van der Waals surface area contributed by atoms with Gasteiger partial charge in [-0.25, -0.2) is 8.42 Å². The van der Waals surface area contributed by atoms with Crippen LogP contribution >= 0.6 is 0 Å². The van der Waals surface area contributed by atoms with Crippen molar-refractivity contribution in [3.63, 3.8) is 0 Å². The largest absolute Gasteiger partial charge is 0.344 e. The lowest BCUT2D eigenvalue weighted by Gasteiger charge is -2.26. The van der Waals surface area contributed by atoms with Crippen LogP contribution in [0.15, 0.2) is 99.1 Å². The van der Waals surface area contributed by atoms with E-state index >= 15 is 0 Å². The van der Waals surface area contributed by atoms with Gasteiger partial charge in [0.2, 0.25) is 5.69 Å². The Labute approximate surface area is 369 Å². The molecule has 63 heavy (non-hydrogen) atoms. The number of unbranched alkanes of at least 4 members (excludes halogenated alkanes) is 2. The standard InChI is InChI=1S/C45H52N2O12S4/c1-8-46-37-21-19-33-29(3)25-31(61(51,52)53)26-35(33)42(37)44(4,5)40(46)17-13-18-41-45(6,7)43-36-27-32(62(54,55)56)28-39(63(57,58)59)34(36)20-22-38(43)47(41)23-12-10-11-15-30(48)16-14-24-60(49,50)9-2/h9,13,17-22,25-28H,2,8,10-12,14-16,23-24H2,1,3-7H3,(H2-,51,52,53,54,55,56,57,58,59)/p+1. The lowest BCUT2D eigenvalue weighted by molar-refractivity contribution is -0.438. The number of carbonyl (C=O) groups excluding carboxylic acids is 1. The molecule has 0 saturated carbocycles. The fourth-order valence-corrected chi connectivity index (χ4v) is 11.9. The van der Waals surface area contributed by atoms with Crippen molar-refractivity contribution < 1.29 is 56.7 Å². The number of likely N-dealkylation sites (N-methyl/N-ethyl adjacent to an activating group) is 1. The summed E-state index contributed by atoms with van der Waals surface area (Å²) in [7, 11) is -17.8. The lowest BCUT2D eigenvalue weighted by atomic mass is 9.78. The Kier molecular flexibility index (Phi) is 13.0. The third-order valence-electron chi connectivity index (χ3n) is 12.2. The number of rotatable bonds is 17. The quantitative estimate of drug-likeness (QED) is 0.0518. The fraction of sp³-hybridized carbons (Fsp3) is 0.378. The van der Waals surface area contributed by atoms with Crippen molar-refractivity contribution in [2.24, 2.45) is 0 Å². The van der Waals surface area contributed by atoms with Crippen LogP contribution in [0.1, 0.15) is 89.8 Å². The van der Waals surface area contributed by atoms with E-state index in [1.807, 2.05) is 65.0 Å². The first-order valence-electron chi connectivity index (χ1n) is 20.4. The highest BCUT2D eigenvalue weighted by molar-refractivity contribution is 7.94. The van der Waals surface area contributed by atoms with E-state index in [4.69, 9.17) is 0 Å². The number of sulfone groups is 1. The molecule has 2 aliphatic heterocycles. The molecule has 0 aliphatic carbocycles. The Hall–Kier alpha value is -4.56. The Morgan fingerprint density at radius 1 is 0.730 bits per heavy atom. The average Bonchev–Trinajstić information content (AvgIpc) is 3.54. The van der Waals surface area contributed by atoms with E-state index in [0.29, 0.717) is 54.6 Å². The number of fused-ring (bicyclic) bond motifs is 6. The number of aryl methyl sites for hydroxylation is 1. The number of anilines is 1. The van der Waals surface area contributed by atoms with Crippen LogP contribution in [-0.2, 0) is 55.8 Å².